The van der Waals surface area contributed by atoms with Crippen LogP contribution in [0, 0.1) is 0 Å². The number of amides is 2. The Hall–Kier alpha value is -3.29. The fourth-order valence-corrected chi connectivity index (χ4v) is 2.49. The Morgan fingerprint density at radius 1 is 1.08 bits per heavy atom. The number of benzene rings is 1. The van der Waals surface area contributed by atoms with Crippen molar-refractivity contribution < 1.29 is 9.59 Å². The van der Waals surface area contributed by atoms with Gasteiger partial charge in [0, 0.05) is 38.3 Å². The number of H-pyrrole nitrogens is 1. The first-order chi connectivity index (χ1) is 12.7. The van der Waals surface area contributed by atoms with Gasteiger partial charge in [-0.05, 0) is 18.6 Å². The number of fused-ring (bicyclic) bond motifs is 1. The molecule has 0 spiro atoms. The van der Waals surface area contributed by atoms with E-state index in [0.29, 0.717) is 32.4 Å². The molecule has 2 aromatic heterocycles. The van der Waals surface area contributed by atoms with E-state index in [1.54, 1.807) is 0 Å². The Kier molecular flexibility index (Phi) is 5.87. The molecule has 0 fully saturated rings. The van der Waals surface area contributed by atoms with Crippen LogP contribution in [0.4, 0.5) is 0 Å². The molecule has 0 aliphatic rings. The highest BCUT2D eigenvalue weighted by Gasteiger charge is 2.07. The number of carbonyl (C=O) groups is 2. The molecule has 3 N–H and O–H groups in total. The third-order valence-corrected chi connectivity index (χ3v) is 3.78. The number of rotatable bonds is 8. The minimum Gasteiger partial charge on any atom is -0.356 e. The summed E-state index contributed by atoms with van der Waals surface area (Å²) in [6.45, 7) is 0.928. The number of nitrogens with one attached hydrogen (secondary N) is 3. The Morgan fingerprint density at radius 3 is 2.77 bits per heavy atom. The van der Waals surface area contributed by atoms with E-state index in [1.165, 1.54) is 18.6 Å². The molecule has 26 heavy (non-hydrogen) atoms. The maximum atomic E-state index is 11.8. The maximum Gasteiger partial charge on any atom is 0.271 e. The van der Waals surface area contributed by atoms with E-state index < -0.39 is 0 Å². The zero-order valence-corrected chi connectivity index (χ0v) is 14.2. The molecule has 0 aliphatic heterocycles. The fourth-order valence-electron chi connectivity index (χ4n) is 2.49. The first kappa shape index (κ1) is 17.5. The maximum absolute atomic E-state index is 11.8. The molecule has 0 atom stereocenters. The molecular formula is C18H20N6O2. The van der Waals surface area contributed by atoms with Gasteiger partial charge in [-0.15, -0.1) is 0 Å². The second-order valence-electron chi connectivity index (χ2n) is 5.75. The monoisotopic (exact) mass is 352 g/mol. The van der Waals surface area contributed by atoms with Gasteiger partial charge in [-0.1, -0.05) is 12.1 Å². The first-order valence-corrected chi connectivity index (χ1v) is 8.47. The number of aromatic nitrogens is 4. The molecule has 0 bridgehead atoms. The van der Waals surface area contributed by atoms with Crippen LogP contribution >= 0.6 is 0 Å². The van der Waals surface area contributed by atoms with Crippen LogP contribution in [0.15, 0.2) is 42.9 Å². The van der Waals surface area contributed by atoms with Crippen LogP contribution in [0.1, 0.15) is 29.2 Å². The van der Waals surface area contributed by atoms with Crippen molar-refractivity contribution in [2.45, 2.75) is 19.3 Å². The molecule has 0 saturated carbocycles. The average molecular weight is 352 g/mol. The predicted octanol–water partition coefficient (Wildman–Crippen LogP) is 1.22. The number of aromatic amines is 1. The topological polar surface area (TPSA) is 113 Å². The van der Waals surface area contributed by atoms with Gasteiger partial charge in [-0.2, -0.15) is 0 Å². The van der Waals surface area contributed by atoms with E-state index in [0.717, 1.165) is 16.9 Å². The molecule has 3 rings (SSSR count). The van der Waals surface area contributed by atoms with Gasteiger partial charge in [0.2, 0.25) is 5.91 Å². The molecule has 2 heterocycles. The smallest absolute Gasteiger partial charge is 0.271 e. The number of carbonyl (C=O) groups excluding carboxylic acids is 2. The van der Waals surface area contributed by atoms with E-state index >= 15 is 0 Å². The lowest BCUT2D eigenvalue weighted by atomic mass is 10.3. The van der Waals surface area contributed by atoms with Crippen LogP contribution in [-0.4, -0.2) is 44.8 Å². The average Bonchev–Trinajstić information content (AvgIpc) is 3.08. The van der Waals surface area contributed by atoms with E-state index in [9.17, 15) is 9.59 Å². The van der Waals surface area contributed by atoms with Gasteiger partial charge < -0.3 is 15.6 Å². The quantitative estimate of drug-likeness (QED) is 0.528. The molecule has 8 nitrogen and oxygen atoms in total. The van der Waals surface area contributed by atoms with Crippen LogP contribution < -0.4 is 10.6 Å². The Morgan fingerprint density at radius 2 is 1.96 bits per heavy atom. The summed E-state index contributed by atoms with van der Waals surface area (Å²) in [6.07, 6.45) is 5.92. The zero-order chi connectivity index (χ0) is 18.2. The molecule has 2 amide bonds. The molecular weight excluding hydrogens is 332 g/mol. The molecule has 134 valence electrons. The van der Waals surface area contributed by atoms with Crippen molar-refractivity contribution >= 4 is 22.8 Å². The van der Waals surface area contributed by atoms with Crippen LogP contribution in [0.3, 0.4) is 0 Å². The second kappa shape index (κ2) is 8.70. The Balaban J connectivity index is 1.31. The van der Waals surface area contributed by atoms with Crippen LogP contribution in [-0.2, 0) is 11.2 Å². The summed E-state index contributed by atoms with van der Waals surface area (Å²) in [5.41, 5.74) is 2.18. The highest BCUT2D eigenvalue weighted by Crippen LogP contribution is 2.10. The van der Waals surface area contributed by atoms with Crippen LogP contribution in [0.25, 0.3) is 11.0 Å². The van der Waals surface area contributed by atoms with Crippen molar-refractivity contribution in [3.63, 3.8) is 0 Å². The van der Waals surface area contributed by atoms with Gasteiger partial charge in [0.1, 0.15) is 11.5 Å². The minimum atomic E-state index is -0.289. The lowest BCUT2D eigenvalue weighted by Gasteiger charge is -2.05. The normalized spacial score (nSPS) is 10.6. The standard InChI is InChI=1S/C18H20N6O2/c25-17(6-3-8-22-18(26)15-12-19-10-11-20-15)21-9-7-16-23-13-4-1-2-5-14(13)24-16/h1-2,4-5,10-12H,3,6-9H2,(H,21,25)(H,22,26)(H,23,24). The summed E-state index contributed by atoms with van der Waals surface area (Å²) in [7, 11) is 0. The van der Waals surface area contributed by atoms with Gasteiger partial charge in [0.05, 0.1) is 17.2 Å². The molecule has 3 aromatic rings. The van der Waals surface area contributed by atoms with E-state index in [2.05, 4.69) is 30.6 Å². The van der Waals surface area contributed by atoms with Crippen molar-refractivity contribution in [1.82, 2.24) is 30.6 Å². The second-order valence-corrected chi connectivity index (χ2v) is 5.75. The van der Waals surface area contributed by atoms with Crippen LogP contribution in [0.2, 0.25) is 0 Å². The molecule has 0 aliphatic carbocycles. The molecule has 0 unspecified atom stereocenters. The fraction of sp³-hybridized carbons (Fsp3) is 0.278. The van der Waals surface area contributed by atoms with Gasteiger partial charge in [-0.3, -0.25) is 14.6 Å². The van der Waals surface area contributed by atoms with Crippen molar-refractivity contribution in [2.75, 3.05) is 13.1 Å². The van der Waals surface area contributed by atoms with E-state index in [-0.39, 0.29) is 17.5 Å². The van der Waals surface area contributed by atoms with Crippen LogP contribution in [0.5, 0.6) is 0 Å². The predicted molar refractivity (Wildman–Crippen MR) is 96.4 cm³/mol. The number of imidazole rings is 1. The lowest BCUT2D eigenvalue weighted by Crippen LogP contribution is -2.29. The molecule has 1 aromatic carbocycles. The highest BCUT2D eigenvalue weighted by molar-refractivity contribution is 5.91. The summed E-state index contributed by atoms with van der Waals surface area (Å²) >= 11 is 0. The van der Waals surface area contributed by atoms with Crippen molar-refractivity contribution in [3.8, 4) is 0 Å². The first-order valence-electron chi connectivity index (χ1n) is 8.47. The third-order valence-electron chi connectivity index (χ3n) is 3.78. The minimum absolute atomic E-state index is 0.0464. The number of para-hydroxylation sites is 2. The highest BCUT2D eigenvalue weighted by atomic mass is 16.2. The Labute approximate surface area is 150 Å². The number of nitrogens with zero attached hydrogens (tertiary/aromatic N) is 3. The largest absolute Gasteiger partial charge is 0.356 e. The summed E-state index contributed by atoms with van der Waals surface area (Å²) in [4.78, 5) is 39.1. The van der Waals surface area contributed by atoms with Crippen molar-refractivity contribution in [3.05, 3.63) is 54.4 Å². The molecule has 0 saturated heterocycles. The SMILES string of the molecule is O=C(CCCNC(=O)c1cnccn1)NCCc1nc2ccccc2[nH]1. The van der Waals surface area contributed by atoms with E-state index in [1.807, 2.05) is 24.3 Å². The van der Waals surface area contributed by atoms with Gasteiger partial charge >= 0.3 is 0 Å². The summed E-state index contributed by atoms with van der Waals surface area (Å²) in [5.74, 6) is 0.515. The summed E-state index contributed by atoms with van der Waals surface area (Å²) in [6, 6.07) is 7.82. The van der Waals surface area contributed by atoms with Crippen molar-refractivity contribution in [2.24, 2.45) is 0 Å². The third kappa shape index (κ3) is 4.85. The van der Waals surface area contributed by atoms with Gasteiger partial charge in [0.15, 0.2) is 0 Å². The summed E-state index contributed by atoms with van der Waals surface area (Å²) < 4.78 is 0. The molecule has 0 radical (unpaired) electrons. The lowest BCUT2D eigenvalue weighted by molar-refractivity contribution is -0.121. The van der Waals surface area contributed by atoms with Crippen molar-refractivity contribution in [1.29, 1.82) is 0 Å². The Bertz CT molecular complexity index is 845. The van der Waals surface area contributed by atoms with Gasteiger partial charge in [-0.25, -0.2) is 9.97 Å². The zero-order valence-electron chi connectivity index (χ0n) is 14.2. The molecule has 8 heteroatoms. The van der Waals surface area contributed by atoms with Gasteiger partial charge in [0.25, 0.3) is 5.91 Å². The van der Waals surface area contributed by atoms with E-state index in [4.69, 9.17) is 0 Å². The number of hydrogen-bond acceptors (Lipinski definition) is 5. The summed E-state index contributed by atoms with van der Waals surface area (Å²) in [5, 5.41) is 5.58. The number of hydrogen-bond donors (Lipinski definition) is 3.